The van der Waals surface area contributed by atoms with Gasteiger partial charge >= 0.3 is 21.1 Å². The monoisotopic (exact) mass is 953 g/mol. The van der Waals surface area contributed by atoms with E-state index in [0.29, 0.717) is 23.0 Å². The minimum absolute atomic E-state index is 0. The van der Waals surface area contributed by atoms with Crippen molar-refractivity contribution < 1.29 is 30.5 Å². The van der Waals surface area contributed by atoms with Crippen LogP contribution in [0.2, 0.25) is 0 Å². The third kappa shape index (κ3) is 7.40. The van der Waals surface area contributed by atoms with Crippen LogP contribution in [0.5, 0.6) is 11.5 Å². The van der Waals surface area contributed by atoms with Gasteiger partial charge in [-0.1, -0.05) is 128 Å². The number of hydrogen-bond acceptors (Lipinski definition) is 5. The van der Waals surface area contributed by atoms with E-state index in [9.17, 15) is 0 Å². The van der Waals surface area contributed by atoms with E-state index in [4.69, 9.17) is 24.4 Å². The molecule has 296 valence electrons. The number of rotatable bonds is 8. The van der Waals surface area contributed by atoms with Crippen LogP contribution in [-0.4, -0.2) is 31.6 Å². The summed E-state index contributed by atoms with van der Waals surface area (Å²) in [7, 11) is 0. The molecule has 0 fully saturated rings. The number of pyridine rings is 2. The number of aryl methyl sites for hydroxylation is 1. The Kier molecular flexibility index (Phi) is 10.4. The Morgan fingerprint density at radius 1 is 0.695 bits per heavy atom. The molecule has 59 heavy (non-hydrogen) atoms. The summed E-state index contributed by atoms with van der Waals surface area (Å²) in [4.78, 5) is 15.1. The van der Waals surface area contributed by atoms with E-state index in [1.54, 1.807) is 6.20 Å². The second kappa shape index (κ2) is 15.4. The number of hydrogen-bond donors (Lipinski definition) is 0. The molecule has 6 nitrogen and oxygen atoms in total. The van der Waals surface area contributed by atoms with Gasteiger partial charge in [-0.3, -0.25) is 9.98 Å². The maximum Gasteiger partial charge on any atom is 2.00 e. The molecular weight excluding hydrogens is 908 g/mol. The molecule has 0 saturated heterocycles. The SMILES string of the molecule is Cc1ccc2c(c1)c1cccnc1n2-c1[c-]c(Oc2[c-]c(C3=N[C@](C)(C(c4ccccc4)c4ccccc4)C(C)(C)O3)cc(-c3ccccn3)c2)cc(C(C)(C)C)c1.[Pt+2]. The van der Waals surface area contributed by atoms with E-state index in [1.807, 2.05) is 42.6 Å². The molecule has 9 rings (SSSR count). The zero-order chi connectivity index (χ0) is 40.2. The second-order valence-corrected chi connectivity index (χ2v) is 17.0. The average Bonchev–Trinajstić information content (AvgIpc) is 3.67. The molecule has 3 aromatic heterocycles. The van der Waals surface area contributed by atoms with Gasteiger partial charge in [-0.2, -0.15) is 0 Å². The summed E-state index contributed by atoms with van der Waals surface area (Å²) in [5.41, 5.74) is 8.21. The van der Waals surface area contributed by atoms with Gasteiger partial charge in [0.15, 0.2) is 0 Å². The van der Waals surface area contributed by atoms with Crippen molar-refractivity contribution >= 4 is 27.8 Å². The smallest absolute Gasteiger partial charge is 0.512 e. The fraction of sp³-hybridized carbons (Fsp3) is 0.212. The Labute approximate surface area is 361 Å². The fourth-order valence-corrected chi connectivity index (χ4v) is 8.23. The third-order valence-electron chi connectivity index (χ3n) is 11.6. The summed E-state index contributed by atoms with van der Waals surface area (Å²) in [6, 6.07) is 53.2. The van der Waals surface area contributed by atoms with Crippen molar-refractivity contribution in [2.24, 2.45) is 4.99 Å². The molecule has 0 bridgehead atoms. The standard InChI is InChI=1S/C52H46N4O2.Pt/c1-34-23-24-46-44(27-34)43-21-16-26-54-48(43)56(46)40-31-39(50(2,3)4)32-42(33-40)57-41-29-37(45-22-14-15-25-53-45)28-38(30-41)49-55-52(7,51(5,6)58-49)47(35-17-10-8-11-18-35)36-19-12-9-13-20-36;/h8-29,31-32,47H,1-7H3;/q-2;+2/t52-;/m1./s1. The molecule has 1 aliphatic heterocycles. The zero-order valence-corrected chi connectivity index (χ0v) is 36.6. The van der Waals surface area contributed by atoms with Crippen molar-refractivity contribution in [2.75, 3.05) is 0 Å². The van der Waals surface area contributed by atoms with Crippen LogP contribution >= 0.6 is 0 Å². The minimum atomic E-state index is -0.687. The summed E-state index contributed by atoms with van der Waals surface area (Å²) in [6.07, 6.45) is 3.64. The molecule has 0 radical (unpaired) electrons. The molecule has 0 amide bonds. The first-order chi connectivity index (χ1) is 27.9. The van der Waals surface area contributed by atoms with Gasteiger partial charge in [-0.05, 0) is 80.6 Å². The van der Waals surface area contributed by atoms with E-state index >= 15 is 0 Å². The second-order valence-electron chi connectivity index (χ2n) is 17.0. The van der Waals surface area contributed by atoms with Gasteiger partial charge in [0.1, 0.15) is 17.1 Å². The number of nitrogens with zero attached hydrogens (tertiary/aromatic N) is 4. The van der Waals surface area contributed by atoms with E-state index in [0.717, 1.165) is 44.4 Å². The molecule has 0 saturated carbocycles. The number of fused-ring (bicyclic) bond motifs is 3. The molecule has 7 heteroatoms. The molecule has 1 aliphatic rings. The molecule has 4 heterocycles. The Hall–Kier alpha value is -5.84. The van der Waals surface area contributed by atoms with E-state index in [1.165, 1.54) is 16.7 Å². The number of aromatic nitrogens is 3. The van der Waals surface area contributed by atoms with Crippen LogP contribution in [0.4, 0.5) is 0 Å². The summed E-state index contributed by atoms with van der Waals surface area (Å²) in [5, 5.41) is 2.24. The number of ether oxygens (including phenoxy) is 2. The maximum atomic E-state index is 6.92. The fourth-order valence-electron chi connectivity index (χ4n) is 8.23. The zero-order valence-electron chi connectivity index (χ0n) is 34.4. The van der Waals surface area contributed by atoms with Crippen LogP contribution in [0.25, 0.3) is 38.9 Å². The van der Waals surface area contributed by atoms with Crippen LogP contribution in [0.1, 0.15) is 75.3 Å². The summed E-state index contributed by atoms with van der Waals surface area (Å²) < 4.78 is 16.0. The van der Waals surface area contributed by atoms with Crippen LogP contribution in [-0.2, 0) is 31.2 Å². The molecule has 0 spiro atoms. The van der Waals surface area contributed by atoms with Gasteiger partial charge in [0, 0.05) is 40.6 Å². The Morgan fingerprint density at radius 3 is 2.05 bits per heavy atom. The van der Waals surface area contributed by atoms with Crippen molar-refractivity contribution in [3.63, 3.8) is 0 Å². The van der Waals surface area contributed by atoms with Crippen LogP contribution < -0.4 is 4.74 Å². The van der Waals surface area contributed by atoms with Gasteiger partial charge in [0.25, 0.3) is 0 Å². The molecule has 0 unspecified atom stereocenters. The molecule has 5 aromatic carbocycles. The Balaban J connectivity index is 0.00000484. The molecule has 8 aromatic rings. The largest absolute Gasteiger partial charge is 2.00 e. The summed E-state index contributed by atoms with van der Waals surface area (Å²) in [6.45, 7) is 15.2. The Bertz CT molecular complexity index is 2790. The predicted molar refractivity (Wildman–Crippen MR) is 234 cm³/mol. The first-order valence-corrected chi connectivity index (χ1v) is 19.9. The van der Waals surface area contributed by atoms with Crippen LogP contribution in [0.3, 0.4) is 0 Å². The van der Waals surface area contributed by atoms with Crippen molar-refractivity contribution in [3.05, 3.63) is 186 Å². The molecule has 0 aliphatic carbocycles. The quantitative estimate of drug-likeness (QED) is 0.142. The van der Waals surface area contributed by atoms with Gasteiger partial charge in [-0.15, -0.1) is 29.8 Å². The van der Waals surface area contributed by atoms with Gasteiger partial charge in [0.2, 0.25) is 0 Å². The maximum absolute atomic E-state index is 6.92. The van der Waals surface area contributed by atoms with Crippen molar-refractivity contribution in [2.45, 2.75) is 70.9 Å². The molecular formula is C52H46N4O2Pt. The van der Waals surface area contributed by atoms with Gasteiger partial charge in [-0.25, -0.2) is 4.98 Å². The Morgan fingerprint density at radius 2 is 1.37 bits per heavy atom. The van der Waals surface area contributed by atoms with Crippen LogP contribution in [0, 0.1) is 19.1 Å². The first kappa shape index (κ1) is 40.0. The van der Waals surface area contributed by atoms with Gasteiger partial charge < -0.3 is 14.0 Å². The predicted octanol–water partition coefficient (Wildman–Crippen LogP) is 12.4. The average molecular weight is 954 g/mol. The minimum Gasteiger partial charge on any atom is -0.512 e. The molecule has 1 atom stereocenters. The molecule has 0 N–H and O–H groups in total. The normalized spacial score (nSPS) is 16.2. The van der Waals surface area contributed by atoms with Crippen molar-refractivity contribution in [3.8, 4) is 28.4 Å². The van der Waals surface area contributed by atoms with Gasteiger partial charge in [0.05, 0.1) is 16.7 Å². The summed E-state index contributed by atoms with van der Waals surface area (Å²) >= 11 is 0. The van der Waals surface area contributed by atoms with Crippen molar-refractivity contribution in [1.29, 1.82) is 0 Å². The number of aliphatic imine (C=N–C) groups is 1. The van der Waals surface area contributed by atoms with Crippen molar-refractivity contribution in [1.82, 2.24) is 14.5 Å². The van der Waals surface area contributed by atoms with E-state index in [2.05, 4.69) is 162 Å². The summed E-state index contributed by atoms with van der Waals surface area (Å²) in [5.74, 6) is 1.49. The topological polar surface area (TPSA) is 61.5 Å². The number of benzene rings is 5. The third-order valence-corrected chi connectivity index (χ3v) is 11.6. The van der Waals surface area contributed by atoms with E-state index in [-0.39, 0.29) is 32.4 Å². The van der Waals surface area contributed by atoms with Crippen LogP contribution in [0.15, 0.2) is 151 Å². The van der Waals surface area contributed by atoms with E-state index < -0.39 is 11.1 Å². The first-order valence-electron chi connectivity index (χ1n) is 19.9.